The number of carbonyl (C=O) groups is 1. The molecular weight excluding hydrogens is 469 g/mol. The molecule has 3 aromatic rings. The zero-order valence-corrected chi connectivity index (χ0v) is 19.3. The van der Waals surface area contributed by atoms with Crippen LogP contribution >= 0.6 is 0 Å². The van der Waals surface area contributed by atoms with Gasteiger partial charge in [0.1, 0.15) is 28.9 Å². The number of aromatic nitrogens is 5. The van der Waals surface area contributed by atoms with E-state index in [4.69, 9.17) is 4.74 Å². The van der Waals surface area contributed by atoms with Crippen molar-refractivity contribution in [2.75, 3.05) is 29.7 Å². The maximum atomic E-state index is 12.6. The van der Waals surface area contributed by atoms with Gasteiger partial charge >= 0.3 is 6.36 Å². The minimum Gasteiger partial charge on any atom is -0.496 e. The number of rotatable bonds is 7. The number of methoxy groups -OCH3 is 1. The van der Waals surface area contributed by atoms with E-state index in [1.54, 1.807) is 32.0 Å². The first-order valence-corrected chi connectivity index (χ1v) is 10.5. The normalized spacial score (nSPS) is 15.5. The zero-order chi connectivity index (χ0) is 25.3. The molecule has 1 atom stereocenters. The SMILES string of the molecule is COc1ccc(OC(F)(F)F)cc1Cn1cc(CNc2nc(C)c3c(n2)N(C)[C@@H](C)C(=O)N3)nn1. The van der Waals surface area contributed by atoms with Crippen molar-refractivity contribution in [1.29, 1.82) is 0 Å². The second-order valence-corrected chi connectivity index (χ2v) is 7.89. The summed E-state index contributed by atoms with van der Waals surface area (Å²) in [6.07, 6.45) is -3.16. The molecule has 0 bridgehead atoms. The van der Waals surface area contributed by atoms with Gasteiger partial charge in [0.25, 0.3) is 0 Å². The van der Waals surface area contributed by atoms with Crippen molar-refractivity contribution in [2.24, 2.45) is 0 Å². The monoisotopic (exact) mass is 492 g/mol. The molecule has 2 aromatic heterocycles. The fourth-order valence-electron chi connectivity index (χ4n) is 3.54. The van der Waals surface area contributed by atoms with Crippen LogP contribution in [0.2, 0.25) is 0 Å². The highest BCUT2D eigenvalue weighted by atomic mass is 19.4. The van der Waals surface area contributed by atoms with E-state index in [0.717, 1.165) is 0 Å². The second-order valence-electron chi connectivity index (χ2n) is 7.89. The number of nitrogens with zero attached hydrogens (tertiary/aromatic N) is 6. The third-order valence-corrected chi connectivity index (χ3v) is 5.45. The molecule has 1 amide bonds. The highest BCUT2D eigenvalue weighted by molar-refractivity contribution is 6.03. The van der Waals surface area contributed by atoms with Crippen molar-refractivity contribution in [1.82, 2.24) is 25.0 Å². The number of benzene rings is 1. The molecule has 0 radical (unpaired) electrons. The molecule has 0 saturated carbocycles. The van der Waals surface area contributed by atoms with Crippen molar-refractivity contribution >= 4 is 23.4 Å². The first kappa shape index (κ1) is 24.0. The number of hydrogen-bond donors (Lipinski definition) is 2. The lowest BCUT2D eigenvalue weighted by Crippen LogP contribution is -2.44. The Morgan fingerprint density at radius 1 is 1.26 bits per heavy atom. The number of ether oxygens (including phenoxy) is 2. The molecule has 4 rings (SSSR count). The van der Waals surface area contributed by atoms with Crippen molar-refractivity contribution in [3.63, 3.8) is 0 Å². The van der Waals surface area contributed by atoms with E-state index < -0.39 is 6.36 Å². The van der Waals surface area contributed by atoms with Crippen molar-refractivity contribution in [3.8, 4) is 11.5 Å². The molecule has 35 heavy (non-hydrogen) atoms. The van der Waals surface area contributed by atoms with Crippen molar-refractivity contribution in [2.45, 2.75) is 39.3 Å². The Morgan fingerprint density at radius 3 is 2.74 bits per heavy atom. The van der Waals surface area contributed by atoms with E-state index in [0.29, 0.717) is 40.2 Å². The molecule has 1 aliphatic heterocycles. The molecule has 186 valence electrons. The molecule has 0 aliphatic carbocycles. The standard InChI is InChI=1S/C21H23F3N8O3/c1-11-17-18(31(3)12(2)19(33)27-17)28-20(26-11)25-8-14-10-32(30-29-14)9-13-7-15(35-21(22,23)24)5-6-16(13)34-4/h5-7,10,12H,8-9H2,1-4H3,(H,27,33)(H,25,26,28)/t12-/m0/s1. The first-order chi connectivity index (χ1) is 16.5. The number of likely N-dealkylation sites (N-methyl/N-ethyl adjacent to an activating group) is 1. The van der Waals surface area contributed by atoms with Gasteiger partial charge in [-0.2, -0.15) is 4.98 Å². The van der Waals surface area contributed by atoms with Gasteiger partial charge in [0.15, 0.2) is 5.82 Å². The summed E-state index contributed by atoms with van der Waals surface area (Å²) in [5.74, 6) is 0.855. The van der Waals surface area contributed by atoms with Gasteiger partial charge < -0.3 is 25.0 Å². The smallest absolute Gasteiger partial charge is 0.496 e. The van der Waals surface area contributed by atoms with Crippen LogP contribution in [-0.2, 0) is 17.9 Å². The van der Waals surface area contributed by atoms with Gasteiger partial charge in [0.2, 0.25) is 11.9 Å². The van der Waals surface area contributed by atoms with Crippen LogP contribution in [0.1, 0.15) is 23.9 Å². The topological polar surface area (TPSA) is 119 Å². The summed E-state index contributed by atoms with van der Waals surface area (Å²) in [7, 11) is 3.21. The minimum absolute atomic E-state index is 0.113. The van der Waals surface area contributed by atoms with E-state index in [1.807, 2.05) is 0 Å². The van der Waals surface area contributed by atoms with Gasteiger partial charge in [-0.15, -0.1) is 18.3 Å². The van der Waals surface area contributed by atoms with Crippen LogP contribution in [-0.4, -0.2) is 57.4 Å². The van der Waals surface area contributed by atoms with Crippen LogP contribution in [0, 0.1) is 6.92 Å². The Kier molecular flexibility index (Phi) is 6.37. The van der Waals surface area contributed by atoms with Gasteiger partial charge in [-0.25, -0.2) is 9.67 Å². The predicted octanol–water partition coefficient (Wildman–Crippen LogP) is 2.72. The average Bonchev–Trinajstić information content (AvgIpc) is 3.23. The van der Waals surface area contributed by atoms with Crippen LogP contribution in [0.25, 0.3) is 0 Å². The van der Waals surface area contributed by atoms with Crippen LogP contribution in [0.5, 0.6) is 11.5 Å². The molecule has 11 nitrogen and oxygen atoms in total. The third kappa shape index (κ3) is 5.36. The van der Waals surface area contributed by atoms with Gasteiger partial charge in [-0.05, 0) is 32.0 Å². The number of amides is 1. The van der Waals surface area contributed by atoms with E-state index in [-0.39, 0.29) is 30.8 Å². The van der Waals surface area contributed by atoms with Crippen LogP contribution < -0.4 is 25.0 Å². The third-order valence-electron chi connectivity index (χ3n) is 5.45. The summed E-state index contributed by atoms with van der Waals surface area (Å²) >= 11 is 0. The summed E-state index contributed by atoms with van der Waals surface area (Å²) in [4.78, 5) is 22.7. The quantitative estimate of drug-likeness (QED) is 0.513. The number of anilines is 3. The first-order valence-electron chi connectivity index (χ1n) is 10.5. The minimum atomic E-state index is -4.80. The maximum Gasteiger partial charge on any atom is 0.573 e. The fraction of sp³-hybridized carbons (Fsp3) is 0.381. The molecule has 14 heteroatoms. The Balaban J connectivity index is 1.46. The number of carbonyl (C=O) groups excluding carboxylic acids is 1. The van der Waals surface area contributed by atoms with E-state index >= 15 is 0 Å². The fourth-order valence-corrected chi connectivity index (χ4v) is 3.54. The number of alkyl halides is 3. The number of aryl methyl sites for hydroxylation is 1. The van der Waals surface area contributed by atoms with E-state index in [9.17, 15) is 18.0 Å². The molecule has 1 aliphatic rings. The lowest BCUT2D eigenvalue weighted by Gasteiger charge is -2.32. The van der Waals surface area contributed by atoms with Gasteiger partial charge in [-0.3, -0.25) is 4.79 Å². The molecule has 1 aromatic carbocycles. The van der Waals surface area contributed by atoms with Gasteiger partial charge in [0.05, 0.1) is 32.1 Å². The van der Waals surface area contributed by atoms with Gasteiger partial charge in [0, 0.05) is 12.6 Å². The molecule has 0 unspecified atom stereocenters. The van der Waals surface area contributed by atoms with Crippen molar-refractivity contribution < 1.29 is 27.4 Å². The number of nitrogens with one attached hydrogen (secondary N) is 2. The number of hydrogen-bond acceptors (Lipinski definition) is 9. The van der Waals surface area contributed by atoms with Crippen LogP contribution in [0.4, 0.5) is 30.6 Å². The van der Waals surface area contributed by atoms with E-state index in [1.165, 1.54) is 30.0 Å². The zero-order valence-electron chi connectivity index (χ0n) is 19.3. The van der Waals surface area contributed by atoms with E-state index in [2.05, 4.69) is 35.7 Å². The Hall–Kier alpha value is -4.10. The largest absolute Gasteiger partial charge is 0.573 e. The lowest BCUT2D eigenvalue weighted by atomic mass is 10.2. The van der Waals surface area contributed by atoms with Gasteiger partial charge in [-0.1, -0.05) is 5.21 Å². The summed E-state index contributed by atoms with van der Waals surface area (Å²) < 4.78 is 48.4. The molecule has 0 spiro atoms. The number of fused-ring (bicyclic) bond motifs is 1. The molecule has 0 fully saturated rings. The molecule has 0 saturated heterocycles. The summed E-state index contributed by atoms with van der Waals surface area (Å²) in [5.41, 5.74) is 2.17. The van der Waals surface area contributed by atoms with Crippen molar-refractivity contribution in [3.05, 3.63) is 41.3 Å². The molecule has 3 heterocycles. The number of halogens is 3. The van der Waals surface area contributed by atoms with Crippen LogP contribution in [0.15, 0.2) is 24.4 Å². The summed E-state index contributed by atoms with van der Waals surface area (Å²) in [6.45, 7) is 3.91. The molecule has 2 N–H and O–H groups in total. The average molecular weight is 492 g/mol. The summed E-state index contributed by atoms with van der Waals surface area (Å²) in [6, 6.07) is 3.44. The highest BCUT2D eigenvalue weighted by Gasteiger charge is 2.32. The predicted molar refractivity (Wildman–Crippen MR) is 119 cm³/mol. The Morgan fingerprint density at radius 2 is 2.03 bits per heavy atom. The second kappa shape index (κ2) is 9.27. The maximum absolute atomic E-state index is 12.6. The highest BCUT2D eigenvalue weighted by Crippen LogP contribution is 2.32. The Labute approximate surface area is 198 Å². The summed E-state index contributed by atoms with van der Waals surface area (Å²) in [5, 5.41) is 14.0. The Bertz CT molecular complexity index is 1250. The lowest BCUT2D eigenvalue weighted by molar-refractivity contribution is -0.274. The molecular formula is C21H23F3N8O3. The van der Waals surface area contributed by atoms with Crippen LogP contribution in [0.3, 0.4) is 0 Å².